The fourth-order valence-electron chi connectivity index (χ4n) is 3.28. The molecule has 1 aliphatic heterocycles. The van der Waals surface area contributed by atoms with Crippen LogP contribution in [0.15, 0.2) is 52.3 Å². The van der Waals surface area contributed by atoms with Gasteiger partial charge in [0.25, 0.3) is 0 Å². The minimum atomic E-state index is -3.66. The summed E-state index contributed by atoms with van der Waals surface area (Å²) in [6, 6.07) is 14.6. The molecule has 1 aromatic heterocycles. The van der Waals surface area contributed by atoms with E-state index in [0.717, 1.165) is 31.6 Å². The molecule has 0 fully saturated rings. The standard InChI is InChI=1S/C19H14BrNO4S2/c20-17-7-6-16(26-17)19-14-8-11(10-27(21,23)24)4-5-13(14)18-12(9-22)2-1-3-15(18)25-19/h1-9,19H,10H2,(H2,21,23,24). The van der Waals surface area contributed by atoms with Crippen LogP contribution < -0.4 is 9.88 Å². The van der Waals surface area contributed by atoms with E-state index in [-0.39, 0.29) is 5.75 Å². The lowest BCUT2D eigenvalue weighted by atomic mass is 9.88. The Morgan fingerprint density at radius 2 is 2.00 bits per heavy atom. The zero-order valence-corrected chi connectivity index (χ0v) is 17.1. The second-order valence-corrected chi connectivity index (χ2v) is 10.3. The summed E-state index contributed by atoms with van der Waals surface area (Å²) in [4.78, 5) is 12.5. The number of sulfonamides is 1. The van der Waals surface area contributed by atoms with Crippen LogP contribution in [0.1, 0.15) is 32.5 Å². The van der Waals surface area contributed by atoms with E-state index in [1.807, 2.05) is 24.3 Å². The molecular formula is C19H14BrNO4S2. The lowest BCUT2D eigenvalue weighted by molar-refractivity contribution is 0.112. The molecule has 4 rings (SSSR count). The van der Waals surface area contributed by atoms with Crippen molar-refractivity contribution in [2.24, 2.45) is 5.14 Å². The van der Waals surface area contributed by atoms with Gasteiger partial charge < -0.3 is 4.74 Å². The number of halogens is 1. The van der Waals surface area contributed by atoms with E-state index in [4.69, 9.17) is 9.88 Å². The highest BCUT2D eigenvalue weighted by atomic mass is 79.9. The highest BCUT2D eigenvalue weighted by Gasteiger charge is 2.30. The number of rotatable bonds is 4. The Bertz CT molecular complexity index is 1150. The highest BCUT2D eigenvalue weighted by Crippen LogP contribution is 2.47. The van der Waals surface area contributed by atoms with Gasteiger partial charge in [-0.25, -0.2) is 13.6 Å². The maximum Gasteiger partial charge on any atom is 0.213 e. The minimum Gasteiger partial charge on any atom is -0.479 e. The van der Waals surface area contributed by atoms with Crippen molar-refractivity contribution in [1.82, 2.24) is 0 Å². The first-order valence-corrected chi connectivity index (χ1v) is 11.3. The average Bonchev–Trinajstić information content (AvgIpc) is 3.05. The number of thiophene rings is 1. The molecule has 0 amide bonds. The molecule has 0 radical (unpaired) electrons. The van der Waals surface area contributed by atoms with Crippen LogP contribution >= 0.6 is 27.3 Å². The molecule has 3 aromatic rings. The zero-order chi connectivity index (χ0) is 19.2. The molecule has 2 heterocycles. The number of benzene rings is 2. The Morgan fingerprint density at radius 1 is 1.19 bits per heavy atom. The van der Waals surface area contributed by atoms with Crippen LogP contribution in [0.25, 0.3) is 11.1 Å². The fraction of sp³-hybridized carbons (Fsp3) is 0.105. The van der Waals surface area contributed by atoms with Crippen molar-refractivity contribution in [2.45, 2.75) is 11.9 Å². The number of carbonyl (C=O) groups excluding carboxylic acids is 1. The second kappa shape index (κ2) is 6.87. The van der Waals surface area contributed by atoms with Crippen LogP contribution in [-0.2, 0) is 15.8 Å². The molecule has 2 aromatic carbocycles. The topological polar surface area (TPSA) is 86.5 Å². The molecule has 8 heteroatoms. The van der Waals surface area contributed by atoms with E-state index in [0.29, 0.717) is 16.9 Å². The van der Waals surface area contributed by atoms with Gasteiger partial charge in [0.15, 0.2) is 12.4 Å². The van der Waals surface area contributed by atoms with Crippen molar-refractivity contribution in [3.05, 3.63) is 73.9 Å². The van der Waals surface area contributed by atoms with Gasteiger partial charge >= 0.3 is 0 Å². The molecule has 1 unspecified atom stereocenters. The van der Waals surface area contributed by atoms with Crippen molar-refractivity contribution in [3.63, 3.8) is 0 Å². The smallest absolute Gasteiger partial charge is 0.213 e. The number of primary sulfonamides is 1. The molecule has 2 N–H and O–H groups in total. The normalized spacial score (nSPS) is 15.6. The minimum absolute atomic E-state index is 0.261. The monoisotopic (exact) mass is 463 g/mol. The van der Waals surface area contributed by atoms with Gasteiger partial charge in [0.05, 0.1) is 14.4 Å². The highest BCUT2D eigenvalue weighted by molar-refractivity contribution is 9.11. The maximum atomic E-state index is 11.5. The van der Waals surface area contributed by atoms with Gasteiger partial charge in [-0.3, -0.25) is 4.79 Å². The summed E-state index contributed by atoms with van der Waals surface area (Å²) in [5.41, 5.74) is 3.49. The Kier molecular flexibility index (Phi) is 4.67. The third-order valence-corrected chi connectivity index (χ3v) is 6.72. The number of ether oxygens (including phenoxy) is 1. The SMILES string of the molecule is NS(=O)(=O)Cc1ccc2c(c1)C(c1ccc(Br)s1)Oc1cccc(C=O)c1-2. The summed E-state index contributed by atoms with van der Waals surface area (Å²) in [5, 5.41) is 5.21. The average molecular weight is 464 g/mol. The molecule has 138 valence electrons. The van der Waals surface area contributed by atoms with Gasteiger partial charge in [0.1, 0.15) is 5.75 Å². The van der Waals surface area contributed by atoms with Gasteiger partial charge in [-0.15, -0.1) is 11.3 Å². The van der Waals surface area contributed by atoms with E-state index in [1.54, 1.807) is 35.6 Å². The summed E-state index contributed by atoms with van der Waals surface area (Å²) in [5.74, 6) is 0.365. The van der Waals surface area contributed by atoms with E-state index in [9.17, 15) is 13.2 Å². The van der Waals surface area contributed by atoms with Crippen LogP contribution in [0.5, 0.6) is 5.75 Å². The van der Waals surface area contributed by atoms with Gasteiger partial charge in [-0.1, -0.05) is 30.3 Å². The summed E-state index contributed by atoms with van der Waals surface area (Å²) in [6.07, 6.45) is 0.401. The Balaban J connectivity index is 1.94. The molecule has 1 atom stereocenters. The maximum absolute atomic E-state index is 11.5. The molecule has 0 saturated carbocycles. The predicted molar refractivity (Wildman–Crippen MR) is 109 cm³/mol. The van der Waals surface area contributed by atoms with Crippen LogP contribution in [0, 0.1) is 0 Å². The Labute approximate surface area is 169 Å². The lowest BCUT2D eigenvalue weighted by Crippen LogP contribution is -2.18. The van der Waals surface area contributed by atoms with E-state index in [1.165, 1.54) is 0 Å². The molecule has 5 nitrogen and oxygen atoms in total. The number of hydrogen-bond acceptors (Lipinski definition) is 5. The van der Waals surface area contributed by atoms with Gasteiger partial charge in [0, 0.05) is 16.7 Å². The second-order valence-electron chi connectivity index (χ2n) is 6.21. The lowest BCUT2D eigenvalue weighted by Gasteiger charge is -2.29. The number of hydrogen-bond donors (Lipinski definition) is 1. The molecule has 0 bridgehead atoms. The number of nitrogens with two attached hydrogens (primary N) is 1. The van der Waals surface area contributed by atoms with Crippen LogP contribution in [0.4, 0.5) is 0 Å². The summed E-state index contributed by atoms with van der Waals surface area (Å²) >= 11 is 5.01. The zero-order valence-electron chi connectivity index (χ0n) is 13.9. The van der Waals surface area contributed by atoms with Crippen molar-refractivity contribution in [1.29, 1.82) is 0 Å². The summed E-state index contributed by atoms with van der Waals surface area (Å²) in [7, 11) is -3.66. The molecule has 0 saturated heterocycles. The van der Waals surface area contributed by atoms with Crippen molar-refractivity contribution in [3.8, 4) is 16.9 Å². The van der Waals surface area contributed by atoms with E-state index in [2.05, 4.69) is 15.9 Å². The van der Waals surface area contributed by atoms with Crippen LogP contribution in [0.2, 0.25) is 0 Å². The van der Waals surface area contributed by atoms with Crippen LogP contribution in [0.3, 0.4) is 0 Å². The Hall–Kier alpha value is -2.00. The first-order valence-electron chi connectivity index (χ1n) is 7.99. The van der Waals surface area contributed by atoms with Crippen molar-refractivity contribution in [2.75, 3.05) is 0 Å². The molecule has 0 aliphatic carbocycles. The molecular weight excluding hydrogens is 450 g/mol. The van der Waals surface area contributed by atoms with Crippen molar-refractivity contribution < 1.29 is 17.9 Å². The number of carbonyl (C=O) groups is 1. The first kappa shape index (κ1) is 18.4. The first-order chi connectivity index (χ1) is 12.9. The van der Waals surface area contributed by atoms with Gasteiger partial charge in [0.2, 0.25) is 10.0 Å². The third-order valence-electron chi connectivity index (χ3n) is 4.32. The van der Waals surface area contributed by atoms with E-state index >= 15 is 0 Å². The Morgan fingerprint density at radius 3 is 2.67 bits per heavy atom. The third kappa shape index (κ3) is 3.58. The molecule has 0 spiro atoms. The quantitative estimate of drug-likeness (QED) is 0.585. The van der Waals surface area contributed by atoms with Gasteiger partial charge in [-0.05, 0) is 45.3 Å². The fourth-order valence-corrected chi connectivity index (χ4v) is 5.40. The summed E-state index contributed by atoms with van der Waals surface area (Å²) in [6.45, 7) is 0. The number of aldehydes is 1. The predicted octanol–water partition coefficient (Wildman–Crippen LogP) is 4.26. The summed E-state index contributed by atoms with van der Waals surface area (Å²) < 4.78 is 30.2. The molecule has 27 heavy (non-hydrogen) atoms. The van der Waals surface area contributed by atoms with Crippen molar-refractivity contribution >= 4 is 43.6 Å². The number of fused-ring (bicyclic) bond motifs is 3. The van der Waals surface area contributed by atoms with E-state index < -0.39 is 16.1 Å². The van der Waals surface area contributed by atoms with Crippen LogP contribution in [-0.4, -0.2) is 14.7 Å². The molecule has 1 aliphatic rings. The van der Waals surface area contributed by atoms with Gasteiger partial charge in [-0.2, -0.15) is 0 Å². The largest absolute Gasteiger partial charge is 0.479 e.